The first-order valence-corrected chi connectivity index (χ1v) is 9.52. The van der Waals surface area contributed by atoms with Crippen molar-refractivity contribution < 1.29 is 14.2 Å². The quantitative estimate of drug-likeness (QED) is 0.438. The predicted octanol–water partition coefficient (Wildman–Crippen LogP) is 5.03. The second kappa shape index (κ2) is 9.26. The summed E-state index contributed by atoms with van der Waals surface area (Å²) in [4.78, 5) is 8.39. The van der Waals surface area contributed by atoms with E-state index in [1.807, 2.05) is 36.4 Å². The van der Waals surface area contributed by atoms with Gasteiger partial charge in [-0.2, -0.15) is 15.1 Å². The fourth-order valence-electron chi connectivity index (χ4n) is 2.64. The molecule has 2 aromatic carbocycles. The van der Waals surface area contributed by atoms with Gasteiger partial charge in [0.05, 0.1) is 32.2 Å². The molecule has 156 valence electrons. The van der Waals surface area contributed by atoms with Gasteiger partial charge in [0.2, 0.25) is 11.8 Å². The highest BCUT2D eigenvalue weighted by molar-refractivity contribution is 5.84. The van der Waals surface area contributed by atoms with E-state index in [1.165, 1.54) is 19.8 Å². The first kappa shape index (κ1) is 21.1. The summed E-state index contributed by atoms with van der Waals surface area (Å²) >= 11 is 0. The van der Waals surface area contributed by atoms with Crippen molar-refractivity contribution in [2.45, 2.75) is 26.2 Å². The molecule has 0 spiro atoms. The van der Waals surface area contributed by atoms with Crippen molar-refractivity contribution in [2.24, 2.45) is 5.10 Å². The lowest BCUT2D eigenvalue weighted by molar-refractivity contribution is 0.348. The normalized spacial score (nSPS) is 11.4. The lowest BCUT2D eigenvalue weighted by Crippen LogP contribution is -2.10. The number of nitrogens with one attached hydrogen (secondary N) is 1. The molecule has 1 aromatic heterocycles. The van der Waals surface area contributed by atoms with Crippen molar-refractivity contribution in [3.63, 3.8) is 0 Å². The van der Waals surface area contributed by atoms with Crippen LogP contribution in [0.3, 0.4) is 0 Å². The third-order valence-corrected chi connectivity index (χ3v) is 4.35. The van der Waals surface area contributed by atoms with E-state index in [2.05, 4.69) is 53.4 Å². The number of hydrogen-bond donors (Lipinski definition) is 1. The van der Waals surface area contributed by atoms with E-state index in [-0.39, 0.29) is 11.4 Å². The third kappa shape index (κ3) is 5.47. The van der Waals surface area contributed by atoms with Crippen LogP contribution in [0.25, 0.3) is 0 Å². The van der Waals surface area contributed by atoms with Crippen molar-refractivity contribution in [1.82, 2.24) is 9.97 Å². The summed E-state index contributed by atoms with van der Waals surface area (Å²) in [6, 6.07) is 17.4. The molecule has 0 unspecified atom stereocenters. The molecule has 0 amide bonds. The van der Waals surface area contributed by atoms with Gasteiger partial charge < -0.3 is 14.2 Å². The highest BCUT2D eigenvalue weighted by atomic mass is 16.5. The zero-order valence-corrected chi connectivity index (χ0v) is 17.8. The molecule has 0 radical (unpaired) electrons. The minimum atomic E-state index is 0.114. The second-order valence-corrected chi connectivity index (χ2v) is 7.57. The largest absolute Gasteiger partial charge is 0.481 e. The van der Waals surface area contributed by atoms with E-state index in [1.54, 1.807) is 12.3 Å². The summed E-state index contributed by atoms with van der Waals surface area (Å²) in [5.41, 5.74) is 6.09. The minimum Gasteiger partial charge on any atom is -0.481 e. The molecular weight excluding hydrogens is 380 g/mol. The summed E-state index contributed by atoms with van der Waals surface area (Å²) in [5, 5.41) is 4.33. The Labute approximate surface area is 176 Å². The van der Waals surface area contributed by atoms with E-state index < -0.39 is 0 Å². The molecule has 30 heavy (non-hydrogen) atoms. The van der Waals surface area contributed by atoms with Gasteiger partial charge in [-0.15, -0.1) is 0 Å². The van der Waals surface area contributed by atoms with E-state index >= 15 is 0 Å². The van der Waals surface area contributed by atoms with Crippen LogP contribution in [0, 0.1) is 0 Å². The number of ether oxygens (including phenoxy) is 3. The van der Waals surface area contributed by atoms with Crippen molar-refractivity contribution >= 4 is 11.9 Å². The molecule has 0 aliphatic rings. The van der Waals surface area contributed by atoms with E-state index in [9.17, 15) is 0 Å². The number of aromatic nitrogens is 2. The Hall–Kier alpha value is -3.61. The van der Waals surface area contributed by atoms with Crippen LogP contribution in [0.5, 0.6) is 23.5 Å². The molecule has 0 fully saturated rings. The topological polar surface area (TPSA) is 77.9 Å². The van der Waals surface area contributed by atoms with Crippen LogP contribution < -0.4 is 19.6 Å². The smallest absolute Gasteiger partial charge is 0.328 e. The maximum Gasteiger partial charge on any atom is 0.328 e. The average Bonchev–Trinajstić information content (AvgIpc) is 2.74. The summed E-state index contributed by atoms with van der Waals surface area (Å²) in [5.74, 6) is 1.26. The van der Waals surface area contributed by atoms with E-state index in [0.29, 0.717) is 17.5 Å². The molecule has 0 saturated heterocycles. The standard InChI is InChI=1S/C23H26N4O3/c1-23(2,3)17-10-12-18(13-11-17)27-24-15-16-8-6-7-9-19(16)30-22-25-20(28-4)14-21(26-22)29-5/h6-15,27H,1-5H3. The molecule has 7 nitrogen and oxygen atoms in total. The number of methoxy groups -OCH3 is 2. The Morgan fingerprint density at radius 3 is 2.13 bits per heavy atom. The maximum atomic E-state index is 5.85. The monoisotopic (exact) mass is 406 g/mol. The van der Waals surface area contributed by atoms with Crippen molar-refractivity contribution in [1.29, 1.82) is 0 Å². The number of rotatable bonds is 7. The van der Waals surface area contributed by atoms with Crippen LogP contribution >= 0.6 is 0 Å². The van der Waals surface area contributed by atoms with Crippen molar-refractivity contribution in [3.8, 4) is 23.5 Å². The molecule has 0 atom stereocenters. The van der Waals surface area contributed by atoms with Gasteiger partial charge in [-0.3, -0.25) is 5.43 Å². The van der Waals surface area contributed by atoms with Crippen LogP contribution in [0.1, 0.15) is 31.9 Å². The lowest BCUT2D eigenvalue weighted by atomic mass is 9.87. The fraction of sp³-hybridized carbons (Fsp3) is 0.261. The number of hydrazone groups is 1. The first-order chi connectivity index (χ1) is 14.4. The van der Waals surface area contributed by atoms with Crippen LogP contribution in [0.4, 0.5) is 5.69 Å². The average molecular weight is 406 g/mol. The maximum absolute atomic E-state index is 5.85. The fourth-order valence-corrected chi connectivity index (χ4v) is 2.64. The summed E-state index contributed by atoms with van der Waals surface area (Å²) in [7, 11) is 3.04. The number of anilines is 1. The summed E-state index contributed by atoms with van der Waals surface area (Å²) in [6.07, 6.45) is 1.68. The van der Waals surface area contributed by atoms with Crippen molar-refractivity contribution in [2.75, 3.05) is 19.6 Å². The van der Waals surface area contributed by atoms with Crippen LogP contribution in [0.2, 0.25) is 0 Å². The Bertz CT molecular complexity index is 989. The van der Waals surface area contributed by atoms with Gasteiger partial charge in [-0.1, -0.05) is 45.0 Å². The highest BCUT2D eigenvalue weighted by Gasteiger charge is 2.13. The first-order valence-electron chi connectivity index (χ1n) is 9.52. The molecule has 3 rings (SSSR count). The Morgan fingerprint density at radius 2 is 1.53 bits per heavy atom. The SMILES string of the molecule is COc1cc(OC)nc(Oc2ccccc2C=NNc2ccc(C(C)(C)C)cc2)n1. The van der Waals surface area contributed by atoms with Gasteiger partial charge in [-0.05, 0) is 35.2 Å². The molecule has 3 aromatic rings. The number of nitrogens with zero attached hydrogens (tertiary/aromatic N) is 3. The van der Waals surface area contributed by atoms with Crippen molar-refractivity contribution in [3.05, 3.63) is 65.7 Å². The van der Waals surface area contributed by atoms with Gasteiger partial charge >= 0.3 is 6.01 Å². The molecular formula is C23H26N4O3. The second-order valence-electron chi connectivity index (χ2n) is 7.57. The molecule has 0 bridgehead atoms. The van der Waals surface area contributed by atoms with Gasteiger partial charge in [0, 0.05) is 5.56 Å². The zero-order chi connectivity index (χ0) is 21.6. The zero-order valence-electron chi connectivity index (χ0n) is 17.8. The van der Waals surface area contributed by atoms with E-state index in [0.717, 1.165) is 11.3 Å². The molecule has 0 saturated carbocycles. The van der Waals surface area contributed by atoms with Gasteiger partial charge in [0.25, 0.3) is 0 Å². The van der Waals surface area contributed by atoms with Gasteiger partial charge in [-0.25, -0.2) is 0 Å². The third-order valence-electron chi connectivity index (χ3n) is 4.35. The molecule has 0 aliphatic carbocycles. The molecule has 7 heteroatoms. The van der Waals surface area contributed by atoms with Gasteiger partial charge in [0.15, 0.2) is 0 Å². The van der Waals surface area contributed by atoms with Crippen LogP contribution in [-0.2, 0) is 5.41 Å². The predicted molar refractivity (Wildman–Crippen MR) is 118 cm³/mol. The summed E-state index contributed by atoms with van der Waals surface area (Å²) in [6.45, 7) is 6.56. The van der Waals surface area contributed by atoms with Gasteiger partial charge in [0.1, 0.15) is 5.75 Å². The number of benzene rings is 2. The minimum absolute atomic E-state index is 0.114. The number of hydrogen-bond acceptors (Lipinski definition) is 7. The Morgan fingerprint density at radius 1 is 0.900 bits per heavy atom. The summed E-state index contributed by atoms with van der Waals surface area (Å²) < 4.78 is 16.2. The molecule has 0 aliphatic heterocycles. The lowest BCUT2D eigenvalue weighted by Gasteiger charge is -2.18. The molecule has 1 heterocycles. The Balaban J connectivity index is 1.74. The number of para-hydroxylation sites is 1. The van der Waals surface area contributed by atoms with Crippen LogP contribution in [0.15, 0.2) is 59.7 Å². The Kier molecular flexibility index (Phi) is 6.51. The molecule has 1 N–H and O–H groups in total. The van der Waals surface area contributed by atoms with Crippen LogP contribution in [-0.4, -0.2) is 30.4 Å². The highest BCUT2D eigenvalue weighted by Crippen LogP contribution is 2.26. The van der Waals surface area contributed by atoms with E-state index in [4.69, 9.17) is 14.2 Å².